The molecule has 1 fully saturated rings. The van der Waals surface area contributed by atoms with Gasteiger partial charge in [-0.3, -0.25) is 0 Å². The molecule has 1 aromatic heterocycles. The third kappa shape index (κ3) is 3.05. The molecule has 1 N–H and O–H groups in total. The van der Waals surface area contributed by atoms with Gasteiger partial charge in [0.25, 0.3) is 0 Å². The van der Waals surface area contributed by atoms with Crippen molar-refractivity contribution in [1.29, 1.82) is 0 Å². The van der Waals surface area contributed by atoms with Gasteiger partial charge < -0.3 is 14.8 Å². The number of nitrogens with one attached hydrogen (secondary N) is 1. The smallest absolute Gasteiger partial charge is 0.203 e. The number of nitrogens with zero attached hydrogens (tertiary/aromatic N) is 3. The number of anilines is 1. The van der Waals surface area contributed by atoms with Gasteiger partial charge in [0.2, 0.25) is 5.95 Å². The largest absolute Gasteiger partial charge is 0.354 e. The van der Waals surface area contributed by atoms with E-state index in [2.05, 4.69) is 53.8 Å². The van der Waals surface area contributed by atoms with Crippen molar-refractivity contribution in [3.05, 3.63) is 11.9 Å². The first-order valence-corrected chi connectivity index (χ1v) is 7.07. The van der Waals surface area contributed by atoms with Gasteiger partial charge in [-0.15, -0.1) is 0 Å². The molecule has 0 amide bonds. The second kappa shape index (κ2) is 5.74. The highest BCUT2D eigenvalue weighted by atomic mass is 15.2. The lowest BCUT2D eigenvalue weighted by Crippen LogP contribution is -2.41. The van der Waals surface area contributed by atoms with Crippen molar-refractivity contribution in [2.75, 3.05) is 25.5 Å². The first kappa shape index (κ1) is 13.4. The molecule has 2 heterocycles. The Morgan fingerprint density at radius 3 is 2.89 bits per heavy atom. The minimum Gasteiger partial charge on any atom is -0.354 e. The molecule has 0 saturated carbocycles. The number of likely N-dealkylation sites (tertiary alicyclic amines) is 1. The van der Waals surface area contributed by atoms with E-state index in [4.69, 9.17) is 0 Å². The molecule has 1 atom stereocenters. The SMILES string of the molecule is Cc1cn(C(C)C)c(NCC2CCCCN2C)n1. The molecule has 1 saturated heterocycles. The molecule has 1 aliphatic heterocycles. The molecule has 0 spiro atoms. The number of aromatic nitrogens is 2. The Hall–Kier alpha value is -1.03. The number of likely N-dealkylation sites (N-methyl/N-ethyl adjacent to an activating group) is 1. The van der Waals surface area contributed by atoms with Crippen LogP contribution in [-0.4, -0.2) is 40.6 Å². The van der Waals surface area contributed by atoms with Crippen LogP contribution in [0, 0.1) is 6.92 Å². The van der Waals surface area contributed by atoms with Crippen molar-refractivity contribution in [2.24, 2.45) is 0 Å². The number of aryl methyl sites for hydroxylation is 1. The molecular formula is C14H26N4. The lowest BCUT2D eigenvalue weighted by Gasteiger charge is -2.32. The average molecular weight is 250 g/mol. The molecule has 4 nitrogen and oxygen atoms in total. The first-order valence-electron chi connectivity index (χ1n) is 7.07. The number of hydrogen-bond donors (Lipinski definition) is 1. The van der Waals surface area contributed by atoms with Crippen molar-refractivity contribution in [1.82, 2.24) is 14.5 Å². The van der Waals surface area contributed by atoms with Crippen molar-refractivity contribution in [3.8, 4) is 0 Å². The fraction of sp³-hybridized carbons (Fsp3) is 0.786. The zero-order valence-electron chi connectivity index (χ0n) is 12.1. The van der Waals surface area contributed by atoms with Crippen LogP contribution < -0.4 is 5.32 Å². The van der Waals surface area contributed by atoms with E-state index in [0.29, 0.717) is 12.1 Å². The van der Waals surface area contributed by atoms with Crippen LogP contribution in [0.4, 0.5) is 5.95 Å². The zero-order chi connectivity index (χ0) is 13.1. The topological polar surface area (TPSA) is 33.1 Å². The number of rotatable bonds is 4. The highest BCUT2D eigenvalue weighted by molar-refractivity contribution is 5.29. The van der Waals surface area contributed by atoms with Gasteiger partial charge in [0.05, 0.1) is 5.69 Å². The predicted molar refractivity (Wildman–Crippen MR) is 76.1 cm³/mol. The van der Waals surface area contributed by atoms with Crippen LogP contribution >= 0.6 is 0 Å². The van der Waals surface area contributed by atoms with Crippen molar-refractivity contribution in [3.63, 3.8) is 0 Å². The summed E-state index contributed by atoms with van der Waals surface area (Å²) in [7, 11) is 2.23. The van der Waals surface area contributed by atoms with E-state index in [9.17, 15) is 0 Å². The van der Waals surface area contributed by atoms with Crippen molar-refractivity contribution in [2.45, 2.75) is 52.1 Å². The lowest BCUT2D eigenvalue weighted by molar-refractivity contribution is 0.194. The number of piperidine rings is 1. The zero-order valence-corrected chi connectivity index (χ0v) is 12.1. The van der Waals surface area contributed by atoms with E-state index in [1.807, 2.05) is 0 Å². The summed E-state index contributed by atoms with van der Waals surface area (Å²) in [6.45, 7) is 8.67. The van der Waals surface area contributed by atoms with Crippen molar-refractivity contribution < 1.29 is 0 Å². The minimum absolute atomic E-state index is 0.456. The van der Waals surface area contributed by atoms with Crippen LogP contribution in [0.15, 0.2) is 6.20 Å². The van der Waals surface area contributed by atoms with Crippen LogP contribution in [0.2, 0.25) is 0 Å². The third-order valence-electron chi connectivity index (χ3n) is 3.83. The maximum atomic E-state index is 4.57. The van der Waals surface area contributed by atoms with E-state index < -0.39 is 0 Å². The Labute approximate surface area is 110 Å². The van der Waals surface area contributed by atoms with Crippen LogP contribution in [-0.2, 0) is 0 Å². The maximum Gasteiger partial charge on any atom is 0.203 e. The molecule has 1 aliphatic rings. The van der Waals surface area contributed by atoms with E-state index in [1.165, 1.54) is 25.8 Å². The Balaban J connectivity index is 1.97. The predicted octanol–water partition coefficient (Wildman–Crippen LogP) is 2.67. The summed E-state index contributed by atoms with van der Waals surface area (Å²) < 4.78 is 2.22. The molecule has 0 radical (unpaired) electrons. The Bertz CT molecular complexity index is 383. The minimum atomic E-state index is 0.456. The standard InChI is InChI=1S/C14H26N4/c1-11(2)18-10-12(3)16-14(18)15-9-13-7-5-6-8-17(13)4/h10-11,13H,5-9H2,1-4H3,(H,15,16). The molecule has 102 valence electrons. The molecule has 0 aliphatic carbocycles. The summed E-state index contributed by atoms with van der Waals surface area (Å²) in [4.78, 5) is 7.04. The van der Waals surface area contributed by atoms with Gasteiger partial charge in [0.1, 0.15) is 0 Å². The van der Waals surface area contributed by atoms with E-state index in [0.717, 1.165) is 18.2 Å². The summed E-state index contributed by atoms with van der Waals surface area (Å²) in [6, 6.07) is 1.11. The van der Waals surface area contributed by atoms with E-state index in [-0.39, 0.29) is 0 Å². The first-order chi connectivity index (χ1) is 8.58. The lowest BCUT2D eigenvalue weighted by atomic mass is 10.0. The number of hydrogen-bond acceptors (Lipinski definition) is 3. The summed E-state index contributed by atoms with van der Waals surface area (Å²) in [5, 5.41) is 3.53. The van der Waals surface area contributed by atoms with Gasteiger partial charge in [-0.05, 0) is 47.2 Å². The van der Waals surface area contributed by atoms with Gasteiger partial charge in [0, 0.05) is 24.8 Å². The fourth-order valence-electron chi connectivity index (χ4n) is 2.65. The normalized spacial score (nSPS) is 21.5. The molecule has 2 rings (SSSR count). The molecule has 1 aromatic rings. The van der Waals surface area contributed by atoms with Crippen LogP contribution in [0.25, 0.3) is 0 Å². The highest BCUT2D eigenvalue weighted by Crippen LogP contribution is 2.18. The Morgan fingerprint density at radius 2 is 2.22 bits per heavy atom. The van der Waals surface area contributed by atoms with Gasteiger partial charge in [-0.1, -0.05) is 6.42 Å². The second-order valence-corrected chi connectivity index (χ2v) is 5.72. The second-order valence-electron chi connectivity index (χ2n) is 5.72. The Kier molecular flexibility index (Phi) is 4.27. The van der Waals surface area contributed by atoms with E-state index >= 15 is 0 Å². The van der Waals surface area contributed by atoms with Crippen molar-refractivity contribution >= 4 is 5.95 Å². The van der Waals surface area contributed by atoms with Gasteiger partial charge in [0.15, 0.2) is 0 Å². The van der Waals surface area contributed by atoms with Gasteiger partial charge >= 0.3 is 0 Å². The summed E-state index contributed by atoms with van der Waals surface area (Å²) in [6.07, 6.45) is 6.11. The van der Waals surface area contributed by atoms with Crippen LogP contribution in [0.3, 0.4) is 0 Å². The molecule has 4 heteroatoms. The molecule has 18 heavy (non-hydrogen) atoms. The quantitative estimate of drug-likeness (QED) is 0.892. The summed E-state index contributed by atoms with van der Waals surface area (Å²) in [5.74, 6) is 1.02. The van der Waals surface area contributed by atoms with Crippen LogP contribution in [0.1, 0.15) is 44.8 Å². The van der Waals surface area contributed by atoms with Gasteiger partial charge in [-0.2, -0.15) is 0 Å². The maximum absolute atomic E-state index is 4.57. The van der Waals surface area contributed by atoms with Gasteiger partial charge in [-0.25, -0.2) is 4.98 Å². The highest BCUT2D eigenvalue weighted by Gasteiger charge is 2.19. The summed E-state index contributed by atoms with van der Waals surface area (Å²) >= 11 is 0. The summed E-state index contributed by atoms with van der Waals surface area (Å²) in [5.41, 5.74) is 1.09. The Morgan fingerprint density at radius 1 is 1.44 bits per heavy atom. The van der Waals surface area contributed by atoms with Crippen LogP contribution in [0.5, 0.6) is 0 Å². The molecule has 0 aromatic carbocycles. The third-order valence-corrected chi connectivity index (χ3v) is 3.83. The monoisotopic (exact) mass is 250 g/mol. The number of imidazole rings is 1. The molecular weight excluding hydrogens is 224 g/mol. The fourth-order valence-corrected chi connectivity index (χ4v) is 2.65. The molecule has 0 bridgehead atoms. The van der Waals surface area contributed by atoms with E-state index in [1.54, 1.807) is 0 Å². The molecule has 1 unspecified atom stereocenters. The average Bonchev–Trinajstić information content (AvgIpc) is 2.70.